The minimum Gasteiger partial charge on any atom is -0.380 e. The van der Waals surface area contributed by atoms with Gasteiger partial charge in [-0.3, -0.25) is 14.8 Å². The van der Waals surface area contributed by atoms with Crippen molar-refractivity contribution in [1.82, 2.24) is 15.4 Å². The number of amidine groups is 1. The predicted molar refractivity (Wildman–Crippen MR) is 105 cm³/mol. The maximum atomic E-state index is 12.7. The van der Waals surface area contributed by atoms with Crippen LogP contribution in [0.3, 0.4) is 0 Å². The lowest BCUT2D eigenvalue weighted by Gasteiger charge is -2.17. The van der Waals surface area contributed by atoms with Crippen LogP contribution in [0.4, 0.5) is 0 Å². The number of benzene rings is 1. The van der Waals surface area contributed by atoms with Gasteiger partial charge < -0.3 is 11.2 Å². The highest BCUT2D eigenvalue weighted by molar-refractivity contribution is 5.97. The number of carbonyl (C=O) groups is 1. The molecule has 6 nitrogen and oxygen atoms in total. The third-order valence-electron chi connectivity index (χ3n) is 4.14. The van der Waals surface area contributed by atoms with Crippen LogP contribution in [-0.2, 0) is 0 Å². The van der Waals surface area contributed by atoms with Crippen molar-refractivity contribution in [3.63, 3.8) is 0 Å². The van der Waals surface area contributed by atoms with Gasteiger partial charge in [-0.15, -0.1) is 0 Å². The lowest BCUT2D eigenvalue weighted by molar-refractivity contribution is 0.0968. The molecule has 27 heavy (non-hydrogen) atoms. The van der Waals surface area contributed by atoms with Crippen molar-refractivity contribution >= 4 is 11.6 Å². The molecule has 2 heterocycles. The van der Waals surface area contributed by atoms with Gasteiger partial charge in [-0.2, -0.15) is 5.10 Å². The second-order valence-electron chi connectivity index (χ2n) is 6.17. The molecule has 136 valence electrons. The van der Waals surface area contributed by atoms with Crippen LogP contribution >= 0.6 is 0 Å². The second-order valence-corrected chi connectivity index (χ2v) is 6.17. The van der Waals surface area contributed by atoms with Crippen molar-refractivity contribution in [1.29, 1.82) is 0 Å². The van der Waals surface area contributed by atoms with Crippen LogP contribution in [0.5, 0.6) is 0 Å². The van der Waals surface area contributed by atoms with Gasteiger partial charge in [-0.05, 0) is 36.8 Å². The van der Waals surface area contributed by atoms with Crippen molar-refractivity contribution in [2.45, 2.75) is 19.4 Å². The Balaban J connectivity index is 1.79. The number of aryl methyl sites for hydroxylation is 1. The molecule has 2 aromatic heterocycles. The monoisotopic (exact) mass is 359 g/mol. The number of Topliss-reactive ketones (excluding diaryl/α,β-unsaturated/α-hetero) is 1. The Morgan fingerprint density at radius 2 is 1.81 bits per heavy atom. The van der Waals surface area contributed by atoms with E-state index < -0.39 is 0 Å². The second kappa shape index (κ2) is 8.71. The molecule has 3 N–H and O–H groups in total. The number of hydrazone groups is 1. The van der Waals surface area contributed by atoms with E-state index in [0.717, 1.165) is 11.1 Å². The van der Waals surface area contributed by atoms with E-state index >= 15 is 0 Å². The molecule has 0 aliphatic heterocycles. The molecule has 6 heteroatoms. The molecule has 3 aromatic rings. The molecule has 0 radical (unpaired) electrons. The summed E-state index contributed by atoms with van der Waals surface area (Å²) in [5.74, 6) is 0.286. The average Bonchev–Trinajstić information content (AvgIpc) is 2.72. The number of aromatic nitrogens is 2. The summed E-state index contributed by atoms with van der Waals surface area (Å²) >= 11 is 0. The molecule has 1 aromatic carbocycles. The van der Waals surface area contributed by atoms with Gasteiger partial charge in [-0.1, -0.05) is 35.9 Å². The van der Waals surface area contributed by atoms with Gasteiger partial charge in [0.2, 0.25) is 0 Å². The van der Waals surface area contributed by atoms with E-state index in [1.54, 1.807) is 24.7 Å². The molecule has 0 aliphatic carbocycles. The molecule has 1 unspecified atom stereocenters. The minimum absolute atomic E-state index is 0.0240. The normalized spacial score (nSPS) is 12.4. The summed E-state index contributed by atoms with van der Waals surface area (Å²) < 4.78 is 0. The average molecular weight is 359 g/mol. The van der Waals surface area contributed by atoms with Crippen molar-refractivity contribution in [3.05, 3.63) is 95.6 Å². The molecular weight excluding hydrogens is 338 g/mol. The van der Waals surface area contributed by atoms with Crippen LogP contribution in [0.15, 0.2) is 78.3 Å². The number of carbonyl (C=O) groups excluding carboxylic acids is 1. The highest BCUT2D eigenvalue weighted by atomic mass is 16.1. The Labute approximate surface area is 158 Å². The number of pyridine rings is 2. The molecule has 0 aliphatic rings. The van der Waals surface area contributed by atoms with E-state index in [1.807, 2.05) is 55.5 Å². The Kier molecular flexibility index (Phi) is 5.89. The fraction of sp³-hybridized carbons (Fsp3) is 0.143. The zero-order valence-electron chi connectivity index (χ0n) is 15.0. The molecule has 1 atom stereocenters. The maximum absolute atomic E-state index is 12.7. The summed E-state index contributed by atoms with van der Waals surface area (Å²) in [6.45, 7) is 1.99. The first-order valence-corrected chi connectivity index (χ1v) is 8.63. The van der Waals surface area contributed by atoms with Gasteiger partial charge in [0.05, 0.1) is 6.04 Å². The largest absolute Gasteiger partial charge is 0.380 e. The summed E-state index contributed by atoms with van der Waals surface area (Å²) in [5.41, 5.74) is 12.3. The molecule has 0 amide bonds. The molecular formula is C21H21N5O. The van der Waals surface area contributed by atoms with Crippen LogP contribution < -0.4 is 11.2 Å². The lowest BCUT2D eigenvalue weighted by Crippen LogP contribution is -2.25. The van der Waals surface area contributed by atoms with Crippen molar-refractivity contribution in [2.75, 3.05) is 0 Å². The number of rotatable bonds is 7. The van der Waals surface area contributed by atoms with Crippen molar-refractivity contribution in [2.24, 2.45) is 10.8 Å². The third kappa shape index (κ3) is 4.98. The van der Waals surface area contributed by atoms with E-state index in [-0.39, 0.29) is 24.1 Å². The Hall–Kier alpha value is -3.54. The van der Waals surface area contributed by atoms with Gasteiger partial charge in [-0.25, -0.2) is 0 Å². The Bertz CT molecular complexity index is 908. The van der Waals surface area contributed by atoms with Gasteiger partial charge >= 0.3 is 0 Å². The SMILES string of the molecule is Cc1ccc(C(=O)CC(N/N=C(\N)c2ccccn2)c2ccncc2)cc1. The van der Waals surface area contributed by atoms with Crippen LogP contribution in [0.1, 0.15) is 39.6 Å². The zero-order chi connectivity index (χ0) is 19.1. The summed E-state index contributed by atoms with van der Waals surface area (Å²) in [5, 5.41) is 4.24. The molecule has 3 rings (SSSR count). The van der Waals surface area contributed by atoms with E-state index in [2.05, 4.69) is 20.5 Å². The number of hydrogen-bond acceptors (Lipinski definition) is 5. The molecule has 0 fully saturated rings. The summed E-state index contributed by atoms with van der Waals surface area (Å²) in [4.78, 5) is 20.9. The first kappa shape index (κ1) is 18.3. The first-order chi connectivity index (χ1) is 13.1. The van der Waals surface area contributed by atoms with Crippen LogP contribution in [-0.4, -0.2) is 21.6 Å². The topological polar surface area (TPSA) is 93.3 Å². The quantitative estimate of drug-likeness (QED) is 0.293. The third-order valence-corrected chi connectivity index (χ3v) is 4.14. The Morgan fingerprint density at radius 3 is 2.48 bits per heavy atom. The highest BCUT2D eigenvalue weighted by Gasteiger charge is 2.17. The molecule has 0 saturated carbocycles. The lowest BCUT2D eigenvalue weighted by atomic mass is 9.98. The number of nitrogens with one attached hydrogen (secondary N) is 1. The van der Waals surface area contributed by atoms with Crippen LogP contribution in [0.2, 0.25) is 0 Å². The van der Waals surface area contributed by atoms with E-state index in [9.17, 15) is 4.79 Å². The summed E-state index contributed by atoms with van der Waals surface area (Å²) in [6, 6.07) is 16.3. The standard InChI is InChI=1S/C21H21N5O/c1-15-5-7-17(8-6-15)20(27)14-19(16-9-12-23-13-10-16)25-26-21(22)18-4-2-3-11-24-18/h2-13,19,25H,14H2,1H3,(H2,22,26). The minimum atomic E-state index is -0.330. The number of ketones is 1. The van der Waals surface area contributed by atoms with Crippen LogP contribution in [0.25, 0.3) is 0 Å². The summed E-state index contributed by atoms with van der Waals surface area (Å²) in [6.07, 6.45) is 5.27. The highest BCUT2D eigenvalue weighted by Crippen LogP contribution is 2.19. The van der Waals surface area contributed by atoms with Gasteiger partial charge in [0.25, 0.3) is 0 Å². The predicted octanol–water partition coefficient (Wildman–Crippen LogP) is 3.01. The molecule has 0 saturated heterocycles. The van der Waals surface area contributed by atoms with Gasteiger partial charge in [0.15, 0.2) is 11.6 Å². The first-order valence-electron chi connectivity index (χ1n) is 8.63. The fourth-order valence-electron chi connectivity index (χ4n) is 2.60. The zero-order valence-corrected chi connectivity index (χ0v) is 15.0. The smallest absolute Gasteiger partial charge is 0.169 e. The van der Waals surface area contributed by atoms with Crippen molar-refractivity contribution < 1.29 is 4.79 Å². The summed E-state index contributed by atoms with van der Waals surface area (Å²) in [7, 11) is 0. The van der Waals surface area contributed by atoms with Gasteiger partial charge in [0, 0.05) is 30.6 Å². The maximum Gasteiger partial charge on any atom is 0.169 e. The van der Waals surface area contributed by atoms with Crippen molar-refractivity contribution in [3.8, 4) is 0 Å². The van der Waals surface area contributed by atoms with E-state index in [1.165, 1.54) is 0 Å². The van der Waals surface area contributed by atoms with E-state index in [0.29, 0.717) is 11.3 Å². The number of hydrogen-bond donors (Lipinski definition) is 2. The molecule has 0 spiro atoms. The fourth-order valence-corrected chi connectivity index (χ4v) is 2.60. The van der Waals surface area contributed by atoms with Crippen LogP contribution in [0, 0.1) is 6.92 Å². The number of nitrogens with two attached hydrogens (primary N) is 1. The Morgan fingerprint density at radius 1 is 1.07 bits per heavy atom. The van der Waals surface area contributed by atoms with Gasteiger partial charge in [0.1, 0.15) is 5.69 Å². The number of nitrogens with zero attached hydrogens (tertiary/aromatic N) is 3. The molecule has 0 bridgehead atoms. The van der Waals surface area contributed by atoms with E-state index in [4.69, 9.17) is 5.73 Å².